The lowest BCUT2D eigenvalue weighted by atomic mass is 10.0. The molecule has 8 heteroatoms. The van der Waals surface area contributed by atoms with Gasteiger partial charge in [-0.3, -0.25) is 9.69 Å². The standard InChI is InChI=1S/C23H23N5O2S/c24-14-17-6-8-19(9-7-17)22-26-27-23(30-22)31-16-21(29)25-20-10-12-28(13-11-20)15-18-4-2-1-3-5-18/h1-9,20H,10-13,15-16H2,(H,25,29). The first-order valence-corrected chi connectivity index (χ1v) is 11.2. The number of likely N-dealkylation sites (tertiary alicyclic amines) is 1. The van der Waals surface area contributed by atoms with Crippen LogP contribution in [0.4, 0.5) is 0 Å². The second-order valence-corrected chi connectivity index (χ2v) is 8.38. The molecule has 7 nitrogen and oxygen atoms in total. The predicted octanol–water partition coefficient (Wildman–Crippen LogP) is 3.48. The molecule has 1 aromatic heterocycles. The number of nitriles is 1. The van der Waals surface area contributed by atoms with Gasteiger partial charge < -0.3 is 9.73 Å². The Kier molecular flexibility index (Phi) is 6.97. The number of carbonyl (C=O) groups excluding carboxylic acids is 1. The van der Waals surface area contributed by atoms with E-state index in [0.717, 1.165) is 38.0 Å². The zero-order valence-electron chi connectivity index (χ0n) is 17.0. The Labute approximate surface area is 185 Å². The Morgan fingerprint density at radius 2 is 1.87 bits per heavy atom. The van der Waals surface area contributed by atoms with Crippen molar-refractivity contribution in [2.75, 3.05) is 18.8 Å². The third kappa shape index (κ3) is 5.94. The van der Waals surface area contributed by atoms with Crippen LogP contribution in [0.3, 0.4) is 0 Å². The van der Waals surface area contributed by atoms with Gasteiger partial charge in [-0.25, -0.2) is 0 Å². The molecule has 1 fully saturated rings. The highest BCUT2D eigenvalue weighted by molar-refractivity contribution is 7.99. The highest BCUT2D eigenvalue weighted by Gasteiger charge is 2.21. The third-order valence-electron chi connectivity index (χ3n) is 5.20. The first-order valence-electron chi connectivity index (χ1n) is 10.2. The van der Waals surface area contributed by atoms with Crippen LogP contribution in [0.2, 0.25) is 0 Å². The van der Waals surface area contributed by atoms with E-state index in [-0.39, 0.29) is 17.7 Å². The van der Waals surface area contributed by atoms with Gasteiger partial charge in [-0.2, -0.15) is 5.26 Å². The normalized spacial score (nSPS) is 14.8. The van der Waals surface area contributed by atoms with Crippen LogP contribution in [0, 0.1) is 11.3 Å². The molecule has 2 heterocycles. The molecule has 2 aromatic carbocycles. The maximum absolute atomic E-state index is 12.3. The summed E-state index contributed by atoms with van der Waals surface area (Å²) in [6, 6.07) is 19.7. The molecule has 0 radical (unpaired) electrons. The van der Waals surface area contributed by atoms with Crippen molar-refractivity contribution >= 4 is 17.7 Å². The molecule has 1 amide bonds. The molecule has 158 valence electrons. The van der Waals surface area contributed by atoms with Gasteiger partial charge in [0.1, 0.15) is 0 Å². The second-order valence-electron chi connectivity index (χ2n) is 7.45. The van der Waals surface area contributed by atoms with E-state index in [2.05, 4.69) is 50.7 Å². The Morgan fingerprint density at radius 3 is 2.58 bits per heavy atom. The fourth-order valence-corrected chi connectivity index (χ4v) is 4.12. The highest BCUT2D eigenvalue weighted by atomic mass is 32.2. The lowest BCUT2D eigenvalue weighted by Gasteiger charge is -2.32. The molecule has 0 unspecified atom stereocenters. The summed E-state index contributed by atoms with van der Waals surface area (Å²) in [6.07, 6.45) is 1.90. The molecular weight excluding hydrogens is 410 g/mol. The summed E-state index contributed by atoms with van der Waals surface area (Å²) in [7, 11) is 0. The molecule has 0 aliphatic carbocycles. The lowest BCUT2D eigenvalue weighted by Crippen LogP contribution is -2.44. The van der Waals surface area contributed by atoms with Crippen LogP contribution in [-0.4, -0.2) is 45.9 Å². The van der Waals surface area contributed by atoms with Gasteiger partial charge in [0.05, 0.1) is 17.4 Å². The first-order chi connectivity index (χ1) is 15.2. The molecule has 1 aliphatic heterocycles. The summed E-state index contributed by atoms with van der Waals surface area (Å²) >= 11 is 1.23. The minimum absolute atomic E-state index is 0.0235. The van der Waals surface area contributed by atoms with E-state index in [4.69, 9.17) is 9.68 Å². The summed E-state index contributed by atoms with van der Waals surface area (Å²) in [5, 5.41) is 20.4. The monoisotopic (exact) mass is 433 g/mol. The largest absolute Gasteiger partial charge is 0.411 e. The van der Waals surface area contributed by atoms with Gasteiger partial charge in [0, 0.05) is 31.2 Å². The summed E-state index contributed by atoms with van der Waals surface area (Å²) in [4.78, 5) is 14.8. The van der Waals surface area contributed by atoms with Crippen LogP contribution in [0.1, 0.15) is 24.0 Å². The zero-order valence-corrected chi connectivity index (χ0v) is 17.8. The molecule has 1 N–H and O–H groups in total. The number of rotatable bonds is 7. The highest BCUT2D eigenvalue weighted by Crippen LogP contribution is 2.23. The van der Waals surface area contributed by atoms with Crippen molar-refractivity contribution in [2.24, 2.45) is 0 Å². The molecular formula is C23H23N5O2S. The second kappa shape index (κ2) is 10.2. The van der Waals surface area contributed by atoms with E-state index in [0.29, 0.717) is 16.7 Å². The van der Waals surface area contributed by atoms with Gasteiger partial charge in [-0.05, 0) is 42.7 Å². The zero-order chi connectivity index (χ0) is 21.5. The van der Waals surface area contributed by atoms with Crippen LogP contribution in [0.15, 0.2) is 64.2 Å². The molecule has 4 rings (SSSR count). The fourth-order valence-electron chi connectivity index (χ4n) is 3.55. The maximum Gasteiger partial charge on any atom is 0.277 e. The van der Waals surface area contributed by atoms with Crippen molar-refractivity contribution in [3.05, 3.63) is 65.7 Å². The molecule has 0 spiro atoms. The number of nitrogens with zero attached hydrogens (tertiary/aromatic N) is 4. The quantitative estimate of drug-likeness (QED) is 0.570. The van der Waals surface area contributed by atoms with E-state index in [9.17, 15) is 4.79 Å². The lowest BCUT2D eigenvalue weighted by molar-refractivity contribution is -0.119. The molecule has 1 aliphatic rings. The van der Waals surface area contributed by atoms with Crippen molar-refractivity contribution in [1.82, 2.24) is 20.4 Å². The van der Waals surface area contributed by atoms with E-state index < -0.39 is 0 Å². The molecule has 0 bridgehead atoms. The molecule has 31 heavy (non-hydrogen) atoms. The van der Waals surface area contributed by atoms with Crippen LogP contribution >= 0.6 is 11.8 Å². The molecule has 0 saturated carbocycles. The van der Waals surface area contributed by atoms with Crippen molar-refractivity contribution in [2.45, 2.75) is 30.7 Å². The number of carbonyl (C=O) groups is 1. The first kappa shape index (κ1) is 21.1. The minimum atomic E-state index is -0.0235. The number of benzene rings is 2. The van der Waals surface area contributed by atoms with Crippen LogP contribution in [0.25, 0.3) is 11.5 Å². The van der Waals surface area contributed by atoms with E-state index in [1.807, 2.05) is 6.07 Å². The van der Waals surface area contributed by atoms with Crippen LogP contribution < -0.4 is 5.32 Å². The predicted molar refractivity (Wildman–Crippen MR) is 118 cm³/mol. The van der Waals surface area contributed by atoms with Gasteiger partial charge in [-0.15, -0.1) is 10.2 Å². The number of nitrogens with one attached hydrogen (secondary N) is 1. The van der Waals surface area contributed by atoms with Crippen molar-refractivity contribution in [3.63, 3.8) is 0 Å². The van der Waals surface area contributed by atoms with Gasteiger partial charge >= 0.3 is 0 Å². The van der Waals surface area contributed by atoms with E-state index >= 15 is 0 Å². The molecule has 0 atom stereocenters. The van der Waals surface area contributed by atoms with Crippen molar-refractivity contribution in [1.29, 1.82) is 5.26 Å². The van der Waals surface area contributed by atoms with Gasteiger partial charge in [0.2, 0.25) is 11.8 Å². The number of hydrogen-bond donors (Lipinski definition) is 1. The van der Waals surface area contributed by atoms with E-state index in [1.54, 1.807) is 24.3 Å². The Morgan fingerprint density at radius 1 is 1.13 bits per heavy atom. The summed E-state index contributed by atoms with van der Waals surface area (Å²) < 4.78 is 5.63. The van der Waals surface area contributed by atoms with Gasteiger partial charge in [0.15, 0.2) is 0 Å². The smallest absolute Gasteiger partial charge is 0.277 e. The minimum Gasteiger partial charge on any atom is -0.411 e. The SMILES string of the molecule is N#Cc1ccc(-c2nnc(SCC(=O)NC3CCN(Cc4ccccc4)CC3)o2)cc1. The fraction of sp³-hybridized carbons (Fsp3) is 0.304. The third-order valence-corrected chi connectivity index (χ3v) is 6.01. The summed E-state index contributed by atoms with van der Waals surface area (Å²) in [5.74, 6) is 0.585. The summed E-state index contributed by atoms with van der Waals surface area (Å²) in [6.45, 7) is 2.91. The van der Waals surface area contributed by atoms with Gasteiger partial charge in [0.25, 0.3) is 5.22 Å². The number of amides is 1. The maximum atomic E-state index is 12.3. The summed E-state index contributed by atoms with van der Waals surface area (Å²) in [5.41, 5.74) is 2.63. The van der Waals surface area contributed by atoms with Crippen LogP contribution in [-0.2, 0) is 11.3 Å². The Hall–Kier alpha value is -3.15. The van der Waals surface area contributed by atoms with Gasteiger partial charge in [-0.1, -0.05) is 42.1 Å². The Balaban J connectivity index is 1.19. The average Bonchev–Trinajstić information content (AvgIpc) is 3.29. The van der Waals surface area contributed by atoms with Crippen LogP contribution in [0.5, 0.6) is 0 Å². The number of thioether (sulfide) groups is 1. The number of aromatic nitrogens is 2. The average molecular weight is 434 g/mol. The molecule has 3 aromatic rings. The topological polar surface area (TPSA) is 95.0 Å². The number of piperidine rings is 1. The van der Waals surface area contributed by atoms with Crippen molar-refractivity contribution in [3.8, 4) is 17.5 Å². The number of hydrogen-bond acceptors (Lipinski definition) is 7. The Bertz CT molecular complexity index is 1040. The van der Waals surface area contributed by atoms with Crippen molar-refractivity contribution < 1.29 is 9.21 Å². The molecule has 1 saturated heterocycles. The van der Waals surface area contributed by atoms with E-state index in [1.165, 1.54) is 17.3 Å².